The molecule has 0 saturated carbocycles. The van der Waals surface area contributed by atoms with E-state index in [0.29, 0.717) is 5.13 Å². The van der Waals surface area contributed by atoms with E-state index in [1.807, 2.05) is 0 Å². The van der Waals surface area contributed by atoms with Gasteiger partial charge in [0.15, 0.2) is 5.13 Å². The second kappa shape index (κ2) is 8.45. The molecule has 146 valence electrons. The number of benzene rings is 1. The van der Waals surface area contributed by atoms with Gasteiger partial charge in [-0.1, -0.05) is 25.0 Å². The highest BCUT2D eigenvalue weighted by Crippen LogP contribution is 2.28. The summed E-state index contributed by atoms with van der Waals surface area (Å²) in [5, 5.41) is 3.15. The average molecular weight is 412 g/mol. The molecule has 3 rings (SSSR count). The molecule has 9 heteroatoms. The van der Waals surface area contributed by atoms with Gasteiger partial charge in [0.2, 0.25) is 15.9 Å². The van der Waals surface area contributed by atoms with E-state index in [-0.39, 0.29) is 0 Å². The number of fused-ring (bicyclic) bond motifs is 1. The zero-order valence-electron chi connectivity index (χ0n) is 15.0. The highest BCUT2D eigenvalue weighted by molar-refractivity contribution is 7.89. The first-order valence-electron chi connectivity index (χ1n) is 8.93. The molecule has 2 aromatic rings. The van der Waals surface area contributed by atoms with Crippen molar-refractivity contribution in [2.75, 3.05) is 5.32 Å². The third kappa shape index (κ3) is 4.91. The summed E-state index contributed by atoms with van der Waals surface area (Å²) in [7, 11) is -4.14. The minimum Gasteiger partial charge on any atom is -0.301 e. The molecule has 1 atom stereocenters. The fraction of sp³-hybridized carbons (Fsp3) is 0.444. The maximum absolute atomic E-state index is 13.8. The van der Waals surface area contributed by atoms with Crippen molar-refractivity contribution in [2.24, 2.45) is 0 Å². The third-order valence-corrected chi connectivity index (χ3v) is 7.07. The van der Waals surface area contributed by atoms with Crippen molar-refractivity contribution in [2.45, 2.75) is 56.4 Å². The highest BCUT2D eigenvalue weighted by Gasteiger charge is 2.25. The van der Waals surface area contributed by atoms with E-state index < -0.39 is 32.7 Å². The smallest absolute Gasteiger partial charge is 0.244 e. The summed E-state index contributed by atoms with van der Waals surface area (Å²) in [5.74, 6) is -1.39. The molecule has 1 aromatic heterocycles. The molecule has 27 heavy (non-hydrogen) atoms. The molecule has 6 nitrogen and oxygen atoms in total. The van der Waals surface area contributed by atoms with Crippen LogP contribution in [0.2, 0.25) is 0 Å². The number of hydrogen-bond acceptors (Lipinski definition) is 5. The summed E-state index contributed by atoms with van der Waals surface area (Å²) < 4.78 is 40.6. The number of aryl methyl sites for hydroxylation is 2. The summed E-state index contributed by atoms with van der Waals surface area (Å²) in [4.78, 5) is 17.6. The Bertz CT molecular complexity index is 902. The minimum atomic E-state index is -4.14. The predicted molar refractivity (Wildman–Crippen MR) is 103 cm³/mol. The Morgan fingerprint density at radius 3 is 2.63 bits per heavy atom. The monoisotopic (exact) mass is 411 g/mol. The zero-order chi connectivity index (χ0) is 19.4. The van der Waals surface area contributed by atoms with Gasteiger partial charge in [0.1, 0.15) is 10.7 Å². The van der Waals surface area contributed by atoms with Gasteiger partial charge in [-0.25, -0.2) is 17.8 Å². The van der Waals surface area contributed by atoms with Crippen LogP contribution in [0.1, 0.15) is 43.2 Å². The number of amides is 1. The molecule has 0 bridgehead atoms. The van der Waals surface area contributed by atoms with Crippen LogP contribution in [0.5, 0.6) is 0 Å². The van der Waals surface area contributed by atoms with Gasteiger partial charge in [-0.2, -0.15) is 4.72 Å². The van der Waals surface area contributed by atoms with Crippen LogP contribution in [0, 0.1) is 5.82 Å². The molecule has 2 N–H and O–H groups in total. The first kappa shape index (κ1) is 19.9. The van der Waals surface area contributed by atoms with Crippen LogP contribution in [0.3, 0.4) is 0 Å². The van der Waals surface area contributed by atoms with E-state index in [1.54, 1.807) is 0 Å². The SMILES string of the molecule is C[C@H](NS(=O)(=O)c1ccccc1F)C(=O)Nc1nc2c(s1)CCCCCC2. The van der Waals surface area contributed by atoms with E-state index in [1.165, 1.54) is 48.1 Å². The molecule has 1 amide bonds. The molecular formula is C18H22FN3O3S2. The van der Waals surface area contributed by atoms with E-state index >= 15 is 0 Å². The third-order valence-electron chi connectivity index (χ3n) is 4.43. The lowest BCUT2D eigenvalue weighted by molar-refractivity contribution is -0.117. The first-order valence-corrected chi connectivity index (χ1v) is 11.2. The summed E-state index contributed by atoms with van der Waals surface area (Å²) in [5.41, 5.74) is 1.02. The standard InChI is InChI=1S/C18H22FN3O3S2/c1-12(22-27(24,25)16-11-7-6-8-13(16)19)17(23)21-18-20-14-9-4-2-3-5-10-15(14)26-18/h6-8,11-12,22H,2-5,9-10H2,1H3,(H,20,21,23)/t12-/m0/s1. The van der Waals surface area contributed by atoms with Gasteiger partial charge in [0.25, 0.3) is 0 Å². The number of anilines is 1. The Hall–Kier alpha value is -1.84. The average Bonchev–Trinajstić information content (AvgIpc) is 2.95. The van der Waals surface area contributed by atoms with Crippen LogP contribution in [-0.2, 0) is 27.7 Å². The fourth-order valence-corrected chi connectivity index (χ4v) is 5.32. The molecule has 0 unspecified atom stereocenters. The normalized spacial score (nSPS) is 16.1. The van der Waals surface area contributed by atoms with Crippen molar-refractivity contribution in [1.82, 2.24) is 9.71 Å². The van der Waals surface area contributed by atoms with Gasteiger partial charge in [0, 0.05) is 4.88 Å². The van der Waals surface area contributed by atoms with Gasteiger partial charge in [-0.3, -0.25) is 4.79 Å². The Labute approximate surface area is 162 Å². The van der Waals surface area contributed by atoms with Crippen molar-refractivity contribution < 1.29 is 17.6 Å². The number of carbonyl (C=O) groups is 1. The summed E-state index contributed by atoms with van der Waals surface area (Å²) in [6.07, 6.45) is 6.45. The summed E-state index contributed by atoms with van der Waals surface area (Å²) in [6.45, 7) is 1.41. The zero-order valence-corrected chi connectivity index (χ0v) is 16.6. The number of halogens is 1. The minimum absolute atomic E-state index is 0.476. The Balaban J connectivity index is 1.67. The van der Waals surface area contributed by atoms with Crippen molar-refractivity contribution in [3.05, 3.63) is 40.7 Å². The van der Waals surface area contributed by atoms with Crippen LogP contribution in [0.15, 0.2) is 29.2 Å². The van der Waals surface area contributed by atoms with Crippen LogP contribution < -0.4 is 10.0 Å². The molecule has 1 aliphatic rings. The van der Waals surface area contributed by atoms with Gasteiger partial charge >= 0.3 is 0 Å². The van der Waals surface area contributed by atoms with E-state index in [9.17, 15) is 17.6 Å². The summed E-state index contributed by atoms with van der Waals surface area (Å²) >= 11 is 1.44. The second-order valence-corrected chi connectivity index (χ2v) is 9.33. The largest absolute Gasteiger partial charge is 0.301 e. The lowest BCUT2D eigenvalue weighted by Crippen LogP contribution is -2.41. The van der Waals surface area contributed by atoms with Crippen LogP contribution in [0.4, 0.5) is 9.52 Å². The Kier molecular flexibility index (Phi) is 6.23. The van der Waals surface area contributed by atoms with Gasteiger partial charge in [0.05, 0.1) is 11.7 Å². The van der Waals surface area contributed by atoms with Crippen molar-refractivity contribution >= 4 is 32.4 Å². The van der Waals surface area contributed by atoms with Crippen molar-refractivity contribution in [1.29, 1.82) is 0 Å². The van der Waals surface area contributed by atoms with Gasteiger partial charge < -0.3 is 5.32 Å². The molecule has 0 aliphatic heterocycles. The number of thiazole rings is 1. The van der Waals surface area contributed by atoms with E-state index in [2.05, 4.69) is 15.0 Å². The topological polar surface area (TPSA) is 88.2 Å². The Morgan fingerprint density at radius 2 is 1.89 bits per heavy atom. The molecule has 0 radical (unpaired) electrons. The molecule has 0 fully saturated rings. The summed E-state index contributed by atoms with van der Waals surface area (Å²) in [6, 6.07) is 3.97. The van der Waals surface area contributed by atoms with Crippen LogP contribution in [0.25, 0.3) is 0 Å². The number of nitrogens with one attached hydrogen (secondary N) is 2. The number of carbonyl (C=O) groups excluding carboxylic acids is 1. The van der Waals surface area contributed by atoms with Crippen molar-refractivity contribution in [3.63, 3.8) is 0 Å². The molecule has 0 spiro atoms. The van der Waals surface area contributed by atoms with Gasteiger partial charge in [-0.15, -0.1) is 11.3 Å². The molecule has 1 heterocycles. The highest BCUT2D eigenvalue weighted by atomic mass is 32.2. The first-order chi connectivity index (χ1) is 12.9. The van der Waals surface area contributed by atoms with Crippen LogP contribution in [-0.4, -0.2) is 25.4 Å². The number of rotatable bonds is 5. The number of nitrogens with zero attached hydrogens (tertiary/aromatic N) is 1. The number of aromatic nitrogens is 1. The number of sulfonamides is 1. The molecule has 0 saturated heterocycles. The van der Waals surface area contributed by atoms with Crippen LogP contribution >= 0.6 is 11.3 Å². The molecule has 1 aliphatic carbocycles. The maximum Gasteiger partial charge on any atom is 0.244 e. The molecule has 1 aromatic carbocycles. The predicted octanol–water partition coefficient (Wildman–Crippen LogP) is 3.25. The molecular weight excluding hydrogens is 389 g/mol. The van der Waals surface area contributed by atoms with Crippen molar-refractivity contribution in [3.8, 4) is 0 Å². The Morgan fingerprint density at radius 1 is 1.19 bits per heavy atom. The van der Waals surface area contributed by atoms with E-state index in [0.717, 1.165) is 43.5 Å². The lowest BCUT2D eigenvalue weighted by atomic mass is 10.0. The fourth-order valence-electron chi connectivity index (χ4n) is 2.99. The number of hydrogen-bond donors (Lipinski definition) is 2. The lowest BCUT2D eigenvalue weighted by Gasteiger charge is -2.13. The van der Waals surface area contributed by atoms with Gasteiger partial charge in [-0.05, 0) is 44.7 Å². The quantitative estimate of drug-likeness (QED) is 0.791. The van der Waals surface area contributed by atoms with E-state index in [4.69, 9.17) is 0 Å². The second-order valence-electron chi connectivity index (χ2n) is 6.57. The maximum atomic E-state index is 13.8.